The smallest absolute Gasteiger partial charge is 0.251 e. The van der Waals surface area contributed by atoms with Crippen LogP contribution in [0.5, 0.6) is 0 Å². The number of pyridine rings is 1. The highest BCUT2D eigenvalue weighted by Gasteiger charge is 1.97. The van der Waals surface area contributed by atoms with Gasteiger partial charge in [-0.1, -0.05) is 54.7 Å². The highest BCUT2D eigenvalue weighted by atomic mass is 32.1. The molecule has 0 unspecified atom stereocenters. The lowest BCUT2D eigenvalue weighted by Gasteiger charge is -2.03. The monoisotopic (exact) mass is 270 g/mol. The molecule has 0 saturated carbocycles. The zero-order chi connectivity index (χ0) is 13.7. The van der Waals surface area contributed by atoms with E-state index in [4.69, 9.17) is 18.0 Å². The van der Waals surface area contributed by atoms with Crippen molar-refractivity contribution in [3.8, 4) is 0 Å². The molecular formula is C15H14N2OS. The number of aromatic nitrogens is 1. The van der Waals surface area contributed by atoms with E-state index in [0.717, 1.165) is 11.1 Å². The van der Waals surface area contributed by atoms with Crippen LogP contribution in [0.15, 0.2) is 53.5 Å². The topological polar surface area (TPSA) is 48.0 Å². The fourth-order valence-corrected chi connectivity index (χ4v) is 1.82. The molecule has 0 aliphatic heterocycles. The molecule has 0 amide bonds. The van der Waals surface area contributed by atoms with E-state index in [9.17, 15) is 4.79 Å². The number of thiocarbonyl (C=S) groups is 1. The van der Waals surface area contributed by atoms with Crippen LogP contribution < -0.4 is 11.3 Å². The third-order valence-electron chi connectivity index (χ3n) is 2.61. The van der Waals surface area contributed by atoms with E-state index in [-0.39, 0.29) is 12.1 Å². The highest BCUT2D eigenvalue weighted by molar-refractivity contribution is 7.80. The van der Waals surface area contributed by atoms with Crippen LogP contribution in [0.1, 0.15) is 11.1 Å². The maximum atomic E-state index is 11.8. The summed E-state index contributed by atoms with van der Waals surface area (Å²) in [6.07, 6.45) is 5.57. The number of nitrogens with two attached hydrogens (primary N) is 1. The Bertz CT molecular complexity index is 659. The second-order valence-electron chi connectivity index (χ2n) is 4.14. The summed E-state index contributed by atoms with van der Waals surface area (Å²) in [4.78, 5) is 12.1. The largest absolute Gasteiger partial charge is 0.392 e. The predicted molar refractivity (Wildman–Crippen MR) is 82.9 cm³/mol. The van der Waals surface area contributed by atoms with Gasteiger partial charge in [-0.25, -0.2) is 0 Å². The molecule has 0 saturated heterocycles. The van der Waals surface area contributed by atoms with Gasteiger partial charge in [0.05, 0.1) is 11.5 Å². The van der Waals surface area contributed by atoms with Gasteiger partial charge in [-0.2, -0.15) is 0 Å². The number of benzene rings is 1. The Labute approximate surface area is 117 Å². The average Bonchev–Trinajstić information content (AvgIpc) is 2.40. The highest BCUT2D eigenvalue weighted by Crippen LogP contribution is 2.06. The van der Waals surface area contributed by atoms with Crippen molar-refractivity contribution in [1.82, 2.24) is 4.57 Å². The molecule has 4 heteroatoms. The molecule has 0 aliphatic rings. The van der Waals surface area contributed by atoms with Gasteiger partial charge in [-0.3, -0.25) is 4.79 Å². The molecule has 0 bridgehead atoms. The molecule has 0 radical (unpaired) electrons. The Morgan fingerprint density at radius 2 is 1.84 bits per heavy atom. The van der Waals surface area contributed by atoms with E-state index in [1.165, 1.54) is 4.57 Å². The molecule has 0 fully saturated rings. The molecule has 2 aromatic rings. The maximum absolute atomic E-state index is 11.8. The van der Waals surface area contributed by atoms with Gasteiger partial charge in [0.15, 0.2) is 0 Å². The van der Waals surface area contributed by atoms with Gasteiger partial charge in [-0.05, 0) is 17.2 Å². The fraction of sp³-hybridized carbons (Fsp3) is 0.0667. The van der Waals surface area contributed by atoms with Crippen LogP contribution in [0.3, 0.4) is 0 Å². The van der Waals surface area contributed by atoms with Gasteiger partial charge >= 0.3 is 0 Å². The summed E-state index contributed by atoms with van der Waals surface area (Å²) in [5.41, 5.74) is 7.26. The number of hydrogen-bond acceptors (Lipinski definition) is 2. The van der Waals surface area contributed by atoms with E-state index >= 15 is 0 Å². The SMILES string of the molecule is NC(=S)Cn1ccc(/C=C/c2ccccc2)cc1=O. The van der Waals surface area contributed by atoms with Crippen molar-refractivity contribution in [2.45, 2.75) is 6.54 Å². The predicted octanol–water partition coefficient (Wildman–Crippen LogP) is 2.30. The van der Waals surface area contributed by atoms with Crippen molar-refractivity contribution >= 4 is 29.4 Å². The minimum Gasteiger partial charge on any atom is -0.392 e. The third kappa shape index (κ3) is 3.89. The summed E-state index contributed by atoms with van der Waals surface area (Å²) in [6.45, 7) is 0.275. The summed E-state index contributed by atoms with van der Waals surface area (Å²) in [7, 11) is 0. The third-order valence-corrected chi connectivity index (χ3v) is 2.74. The molecule has 0 aliphatic carbocycles. The first-order valence-corrected chi connectivity index (χ1v) is 6.28. The average molecular weight is 270 g/mol. The van der Waals surface area contributed by atoms with Gasteiger partial charge in [0.25, 0.3) is 5.56 Å². The summed E-state index contributed by atoms with van der Waals surface area (Å²) < 4.78 is 1.49. The van der Waals surface area contributed by atoms with E-state index in [1.807, 2.05) is 48.6 Å². The lowest BCUT2D eigenvalue weighted by atomic mass is 10.1. The maximum Gasteiger partial charge on any atom is 0.251 e. The summed E-state index contributed by atoms with van der Waals surface area (Å²) in [6, 6.07) is 13.3. The first-order chi connectivity index (χ1) is 9.15. The second kappa shape index (κ2) is 6.11. The van der Waals surface area contributed by atoms with E-state index in [2.05, 4.69) is 0 Å². The standard InChI is InChI=1S/C15H14N2OS/c16-14(19)11-17-9-8-13(10-15(17)18)7-6-12-4-2-1-3-5-12/h1-10H,11H2,(H2,16,19)/b7-6+. The van der Waals surface area contributed by atoms with Crippen LogP contribution in [0.4, 0.5) is 0 Å². The van der Waals surface area contributed by atoms with Crippen LogP contribution in [-0.2, 0) is 6.54 Å². The van der Waals surface area contributed by atoms with Crippen molar-refractivity contribution in [1.29, 1.82) is 0 Å². The van der Waals surface area contributed by atoms with Crippen LogP contribution in [0, 0.1) is 0 Å². The quantitative estimate of drug-likeness (QED) is 0.867. The Hall–Kier alpha value is -2.20. The minimum atomic E-state index is -0.108. The minimum absolute atomic E-state index is 0.108. The molecule has 3 nitrogen and oxygen atoms in total. The van der Waals surface area contributed by atoms with Gasteiger partial charge in [0.2, 0.25) is 0 Å². The summed E-state index contributed by atoms with van der Waals surface area (Å²) >= 11 is 4.79. The molecule has 1 aromatic heterocycles. The van der Waals surface area contributed by atoms with Gasteiger partial charge < -0.3 is 10.3 Å². The zero-order valence-electron chi connectivity index (χ0n) is 10.3. The normalized spacial score (nSPS) is 10.7. The molecule has 2 rings (SSSR count). The van der Waals surface area contributed by atoms with Gasteiger partial charge in [-0.15, -0.1) is 0 Å². The van der Waals surface area contributed by atoms with Crippen LogP contribution in [0.2, 0.25) is 0 Å². The van der Waals surface area contributed by atoms with E-state index in [1.54, 1.807) is 12.3 Å². The summed E-state index contributed by atoms with van der Waals surface area (Å²) in [5, 5.41) is 0. The zero-order valence-corrected chi connectivity index (χ0v) is 11.1. The molecule has 2 N–H and O–H groups in total. The van der Waals surface area contributed by atoms with Crippen molar-refractivity contribution in [3.05, 3.63) is 70.1 Å². The first-order valence-electron chi connectivity index (χ1n) is 5.87. The molecule has 96 valence electrons. The molecule has 0 spiro atoms. The first kappa shape index (κ1) is 13.2. The van der Waals surface area contributed by atoms with Crippen molar-refractivity contribution < 1.29 is 0 Å². The van der Waals surface area contributed by atoms with Crippen LogP contribution in [0.25, 0.3) is 12.2 Å². The Balaban J connectivity index is 2.19. The van der Waals surface area contributed by atoms with Gasteiger partial charge in [0, 0.05) is 12.3 Å². The van der Waals surface area contributed by atoms with Crippen molar-refractivity contribution in [3.63, 3.8) is 0 Å². The lowest BCUT2D eigenvalue weighted by molar-refractivity contribution is 0.807. The molecule has 19 heavy (non-hydrogen) atoms. The number of hydrogen-bond donors (Lipinski definition) is 1. The lowest BCUT2D eigenvalue weighted by Crippen LogP contribution is -2.25. The van der Waals surface area contributed by atoms with Gasteiger partial charge in [0.1, 0.15) is 0 Å². The van der Waals surface area contributed by atoms with Crippen molar-refractivity contribution in [2.75, 3.05) is 0 Å². The second-order valence-corrected chi connectivity index (χ2v) is 4.66. The van der Waals surface area contributed by atoms with E-state index < -0.39 is 0 Å². The molecule has 1 heterocycles. The molecule has 0 atom stereocenters. The molecular weight excluding hydrogens is 256 g/mol. The summed E-state index contributed by atoms with van der Waals surface area (Å²) in [5.74, 6) is 0. The fourth-order valence-electron chi connectivity index (χ4n) is 1.68. The van der Waals surface area contributed by atoms with Crippen LogP contribution >= 0.6 is 12.2 Å². The van der Waals surface area contributed by atoms with Crippen LogP contribution in [-0.4, -0.2) is 9.56 Å². The van der Waals surface area contributed by atoms with E-state index in [0.29, 0.717) is 4.99 Å². The Morgan fingerprint density at radius 3 is 2.47 bits per heavy atom. The number of rotatable bonds is 4. The Morgan fingerprint density at radius 1 is 1.16 bits per heavy atom. The Kier molecular flexibility index (Phi) is 4.26. The number of nitrogens with zero attached hydrogens (tertiary/aromatic N) is 1. The van der Waals surface area contributed by atoms with Crippen molar-refractivity contribution in [2.24, 2.45) is 5.73 Å². The molecule has 1 aromatic carbocycles.